The van der Waals surface area contributed by atoms with Crippen molar-refractivity contribution >= 4 is 13.8 Å². The Labute approximate surface area is 180 Å². The van der Waals surface area contributed by atoms with Gasteiger partial charge in [0.2, 0.25) is 0 Å². The minimum absolute atomic E-state index is 0.269. The lowest BCUT2D eigenvalue weighted by Gasteiger charge is -2.16. The summed E-state index contributed by atoms with van der Waals surface area (Å²) in [5, 5.41) is 27.3. The molecular weight excluding hydrogens is 415 g/mol. The molecule has 0 aliphatic carbocycles. The van der Waals surface area contributed by atoms with E-state index >= 15 is 0 Å². The number of aliphatic hydroxyl groups excluding tert-OH is 3. The fourth-order valence-corrected chi connectivity index (χ4v) is 3.49. The molecule has 0 aliphatic rings. The average Bonchev–Trinajstić information content (AvgIpc) is 2.73. The van der Waals surface area contributed by atoms with Gasteiger partial charge < -0.3 is 24.9 Å². The summed E-state index contributed by atoms with van der Waals surface area (Å²) < 4.78 is 25.4. The van der Waals surface area contributed by atoms with E-state index in [1.165, 1.54) is 51.4 Å². The topological polar surface area (TPSA) is 143 Å². The maximum absolute atomic E-state index is 11.7. The largest absolute Gasteiger partial charge is 0.472 e. The molecule has 1 unspecified atom stereocenters. The number of ether oxygens (including phenoxy) is 1. The van der Waals surface area contributed by atoms with Crippen molar-refractivity contribution in [2.75, 3.05) is 26.4 Å². The summed E-state index contributed by atoms with van der Waals surface area (Å²) in [5.41, 5.74) is 0. The number of hydrogen-bond donors (Lipinski definition) is 4. The van der Waals surface area contributed by atoms with Crippen molar-refractivity contribution in [3.63, 3.8) is 0 Å². The SMILES string of the molecule is CCCCCCCCCCCCCC(=O)OC[C@H](O)COP(=O)(O)OC[C@@H](O)CO. The summed E-state index contributed by atoms with van der Waals surface area (Å²) >= 11 is 0. The Morgan fingerprint density at radius 2 is 1.27 bits per heavy atom. The Balaban J connectivity index is 3.60. The Hall–Kier alpha value is -0.540. The van der Waals surface area contributed by atoms with Crippen molar-refractivity contribution < 1.29 is 43.4 Å². The van der Waals surface area contributed by atoms with E-state index in [1.54, 1.807) is 0 Å². The molecular formula is C20H41O9P. The first kappa shape index (κ1) is 29.5. The first-order valence-electron chi connectivity index (χ1n) is 11.0. The van der Waals surface area contributed by atoms with Crippen molar-refractivity contribution in [2.24, 2.45) is 0 Å². The number of rotatable bonds is 21. The van der Waals surface area contributed by atoms with E-state index in [0.717, 1.165) is 19.3 Å². The molecule has 0 saturated heterocycles. The molecule has 0 aromatic rings. The van der Waals surface area contributed by atoms with E-state index in [1.807, 2.05) is 0 Å². The average molecular weight is 457 g/mol. The molecule has 10 heteroatoms. The van der Waals surface area contributed by atoms with Crippen molar-refractivity contribution in [3.05, 3.63) is 0 Å². The van der Waals surface area contributed by atoms with Gasteiger partial charge in [0, 0.05) is 6.42 Å². The van der Waals surface area contributed by atoms with Crippen LogP contribution in [0.1, 0.15) is 84.0 Å². The second-order valence-electron chi connectivity index (χ2n) is 7.52. The molecule has 0 spiro atoms. The zero-order valence-electron chi connectivity index (χ0n) is 18.2. The molecule has 4 N–H and O–H groups in total. The monoisotopic (exact) mass is 456 g/mol. The number of hydrogen-bond acceptors (Lipinski definition) is 8. The summed E-state index contributed by atoms with van der Waals surface area (Å²) in [7, 11) is -4.47. The minimum Gasteiger partial charge on any atom is -0.463 e. The summed E-state index contributed by atoms with van der Waals surface area (Å²) in [6, 6.07) is 0. The predicted molar refractivity (Wildman–Crippen MR) is 113 cm³/mol. The lowest BCUT2D eigenvalue weighted by atomic mass is 10.1. The van der Waals surface area contributed by atoms with Crippen LogP contribution >= 0.6 is 7.82 Å². The van der Waals surface area contributed by atoms with Gasteiger partial charge in [-0.3, -0.25) is 13.8 Å². The van der Waals surface area contributed by atoms with Crippen molar-refractivity contribution in [2.45, 2.75) is 96.2 Å². The summed E-state index contributed by atoms with van der Waals surface area (Å²) in [5.74, 6) is -0.431. The minimum atomic E-state index is -4.47. The molecule has 0 fully saturated rings. The Kier molecular flexibility index (Phi) is 18.8. The number of phosphoric ester groups is 1. The molecule has 30 heavy (non-hydrogen) atoms. The third-order valence-corrected chi connectivity index (χ3v) is 5.44. The van der Waals surface area contributed by atoms with E-state index in [-0.39, 0.29) is 13.0 Å². The molecule has 9 nitrogen and oxygen atoms in total. The predicted octanol–water partition coefficient (Wildman–Crippen LogP) is 3.08. The maximum Gasteiger partial charge on any atom is 0.472 e. The lowest BCUT2D eigenvalue weighted by molar-refractivity contribution is -0.147. The maximum atomic E-state index is 11.7. The van der Waals surface area contributed by atoms with E-state index in [2.05, 4.69) is 16.0 Å². The van der Waals surface area contributed by atoms with Gasteiger partial charge in [0.15, 0.2) is 0 Å². The van der Waals surface area contributed by atoms with Crippen molar-refractivity contribution in [3.8, 4) is 0 Å². The van der Waals surface area contributed by atoms with Gasteiger partial charge in [-0.25, -0.2) is 4.57 Å². The zero-order chi connectivity index (χ0) is 22.7. The van der Waals surface area contributed by atoms with Crippen LogP contribution in [0.2, 0.25) is 0 Å². The Morgan fingerprint density at radius 1 is 0.800 bits per heavy atom. The van der Waals surface area contributed by atoms with E-state index in [0.29, 0.717) is 0 Å². The fourth-order valence-electron chi connectivity index (χ4n) is 2.69. The highest BCUT2D eigenvalue weighted by Gasteiger charge is 2.24. The van der Waals surface area contributed by atoms with E-state index < -0.39 is 45.8 Å². The number of carbonyl (C=O) groups is 1. The first-order chi connectivity index (χ1) is 14.3. The molecule has 0 aliphatic heterocycles. The third-order valence-electron chi connectivity index (χ3n) is 4.49. The fraction of sp³-hybridized carbons (Fsp3) is 0.950. The van der Waals surface area contributed by atoms with Gasteiger partial charge >= 0.3 is 13.8 Å². The molecule has 0 aromatic carbocycles. The number of aliphatic hydroxyl groups is 3. The quantitative estimate of drug-likeness (QED) is 0.116. The molecule has 0 saturated carbocycles. The highest BCUT2D eigenvalue weighted by Crippen LogP contribution is 2.43. The molecule has 0 bridgehead atoms. The smallest absolute Gasteiger partial charge is 0.463 e. The summed E-state index contributed by atoms with van der Waals surface area (Å²) in [6.07, 6.45) is 10.7. The van der Waals surface area contributed by atoms with Crippen LogP contribution in [0.25, 0.3) is 0 Å². The van der Waals surface area contributed by atoms with Gasteiger partial charge in [-0.1, -0.05) is 71.1 Å². The van der Waals surface area contributed by atoms with Gasteiger partial charge in [0.25, 0.3) is 0 Å². The number of unbranched alkanes of at least 4 members (excludes halogenated alkanes) is 10. The second-order valence-corrected chi connectivity index (χ2v) is 8.97. The van der Waals surface area contributed by atoms with Gasteiger partial charge in [0.1, 0.15) is 18.8 Å². The van der Waals surface area contributed by atoms with Crippen LogP contribution in [0.4, 0.5) is 0 Å². The number of phosphoric acid groups is 1. The van der Waals surface area contributed by atoms with Crippen LogP contribution in [0.15, 0.2) is 0 Å². The third kappa shape index (κ3) is 19.4. The molecule has 180 valence electrons. The lowest BCUT2D eigenvalue weighted by Crippen LogP contribution is -2.24. The van der Waals surface area contributed by atoms with Crippen molar-refractivity contribution in [1.82, 2.24) is 0 Å². The molecule has 0 heterocycles. The normalized spacial score (nSPS) is 15.5. The summed E-state index contributed by atoms with van der Waals surface area (Å²) in [4.78, 5) is 21.0. The van der Waals surface area contributed by atoms with Gasteiger partial charge in [-0.15, -0.1) is 0 Å². The first-order valence-corrected chi connectivity index (χ1v) is 12.5. The molecule has 0 aromatic heterocycles. The van der Waals surface area contributed by atoms with Crippen LogP contribution in [0, 0.1) is 0 Å². The Bertz CT molecular complexity index is 462. The van der Waals surface area contributed by atoms with Crippen LogP contribution in [-0.2, 0) is 23.1 Å². The standard InChI is InChI=1S/C20H41O9P/c1-2-3-4-5-6-7-8-9-10-11-12-13-20(24)27-15-19(23)17-29-30(25,26)28-16-18(22)14-21/h18-19,21-23H,2-17H2,1H3,(H,25,26)/t18-,19-/m0/s1. The molecule has 0 radical (unpaired) electrons. The molecule has 3 atom stereocenters. The molecule has 0 rings (SSSR count). The van der Waals surface area contributed by atoms with Crippen LogP contribution in [0.3, 0.4) is 0 Å². The van der Waals surface area contributed by atoms with Gasteiger partial charge in [0.05, 0.1) is 19.8 Å². The zero-order valence-corrected chi connectivity index (χ0v) is 19.1. The molecule has 0 amide bonds. The summed E-state index contributed by atoms with van der Waals surface area (Å²) in [6.45, 7) is 0.0746. The highest BCUT2D eigenvalue weighted by molar-refractivity contribution is 7.47. The number of esters is 1. The number of carbonyl (C=O) groups excluding carboxylic acids is 1. The second kappa shape index (κ2) is 19.2. The van der Waals surface area contributed by atoms with E-state index in [4.69, 9.17) is 14.9 Å². The van der Waals surface area contributed by atoms with Gasteiger partial charge in [-0.05, 0) is 6.42 Å². The van der Waals surface area contributed by atoms with Gasteiger partial charge in [-0.2, -0.15) is 0 Å². The van der Waals surface area contributed by atoms with Crippen LogP contribution < -0.4 is 0 Å². The van der Waals surface area contributed by atoms with Crippen molar-refractivity contribution in [1.29, 1.82) is 0 Å². The van der Waals surface area contributed by atoms with Crippen LogP contribution in [0.5, 0.6) is 0 Å². The van der Waals surface area contributed by atoms with E-state index in [9.17, 15) is 19.4 Å². The Morgan fingerprint density at radius 3 is 1.77 bits per heavy atom. The van der Waals surface area contributed by atoms with Crippen LogP contribution in [-0.4, -0.2) is 64.8 Å². The highest BCUT2D eigenvalue weighted by atomic mass is 31.2.